The Morgan fingerprint density at radius 1 is 1.19 bits per heavy atom. The Balaban J connectivity index is 1.80. The van der Waals surface area contributed by atoms with E-state index in [9.17, 15) is 5.11 Å². The summed E-state index contributed by atoms with van der Waals surface area (Å²) in [6.45, 7) is 8.07. The minimum atomic E-state index is -0.382. The lowest BCUT2D eigenvalue weighted by atomic mass is 9.92. The molecule has 0 aliphatic carbocycles. The molecule has 0 radical (unpaired) electrons. The monoisotopic (exact) mass is 369 g/mol. The van der Waals surface area contributed by atoms with Crippen molar-refractivity contribution in [3.05, 3.63) is 53.1 Å². The van der Waals surface area contributed by atoms with Crippen molar-refractivity contribution in [2.75, 3.05) is 5.32 Å². The third-order valence-corrected chi connectivity index (χ3v) is 4.38. The van der Waals surface area contributed by atoms with Gasteiger partial charge in [-0.25, -0.2) is 0 Å². The van der Waals surface area contributed by atoms with Crippen LogP contribution in [0.5, 0.6) is 11.5 Å². The number of nitrogens with zero attached hydrogens (tertiary/aromatic N) is 1. The summed E-state index contributed by atoms with van der Waals surface area (Å²) in [5, 5.41) is 17.9. The van der Waals surface area contributed by atoms with Crippen LogP contribution in [0.3, 0.4) is 0 Å². The van der Waals surface area contributed by atoms with E-state index in [1.54, 1.807) is 18.2 Å². The molecule has 3 N–H and O–H groups in total. The zero-order valence-corrected chi connectivity index (χ0v) is 16.2. The Bertz CT molecular complexity index is 891. The molecule has 0 aromatic heterocycles. The van der Waals surface area contributed by atoms with E-state index in [1.165, 1.54) is 0 Å². The van der Waals surface area contributed by atoms with Gasteiger partial charge in [-0.05, 0) is 75.3 Å². The number of thiocarbonyl (C=S) groups is 1. The van der Waals surface area contributed by atoms with Crippen molar-refractivity contribution in [3.8, 4) is 11.5 Å². The van der Waals surface area contributed by atoms with Gasteiger partial charge in [0.2, 0.25) is 0 Å². The van der Waals surface area contributed by atoms with Crippen molar-refractivity contribution < 1.29 is 9.84 Å². The van der Waals surface area contributed by atoms with Gasteiger partial charge < -0.3 is 15.2 Å². The molecule has 0 saturated carbocycles. The largest absolute Gasteiger partial charge is 0.508 e. The Kier molecular flexibility index (Phi) is 4.87. The maximum absolute atomic E-state index is 9.80. The normalized spacial score (nSPS) is 16.5. The first-order valence-electron chi connectivity index (χ1n) is 8.47. The summed E-state index contributed by atoms with van der Waals surface area (Å²) in [7, 11) is 0. The highest BCUT2D eigenvalue weighted by molar-refractivity contribution is 7.80. The molecule has 0 atom stereocenters. The van der Waals surface area contributed by atoms with E-state index in [0.29, 0.717) is 17.3 Å². The van der Waals surface area contributed by atoms with Gasteiger partial charge in [0.1, 0.15) is 17.1 Å². The van der Waals surface area contributed by atoms with Gasteiger partial charge in [0, 0.05) is 17.7 Å². The van der Waals surface area contributed by atoms with Crippen LogP contribution in [0.4, 0.5) is 5.69 Å². The molecule has 2 aromatic carbocycles. The van der Waals surface area contributed by atoms with Gasteiger partial charge in [-0.2, -0.15) is 5.10 Å². The summed E-state index contributed by atoms with van der Waals surface area (Å²) < 4.78 is 5.97. The number of phenolic OH excluding ortho intramolecular Hbond substituents is 1. The fraction of sp³-hybridized carbons (Fsp3) is 0.300. The lowest BCUT2D eigenvalue weighted by molar-refractivity contribution is 0.111. The number of hydrazone groups is 1. The van der Waals surface area contributed by atoms with Crippen molar-refractivity contribution in [1.29, 1.82) is 0 Å². The highest BCUT2D eigenvalue weighted by Crippen LogP contribution is 2.35. The summed E-state index contributed by atoms with van der Waals surface area (Å²) in [6.07, 6.45) is 0.600. The van der Waals surface area contributed by atoms with E-state index in [2.05, 4.69) is 21.9 Å². The molecule has 6 heteroatoms. The number of rotatable bonds is 2. The summed E-state index contributed by atoms with van der Waals surface area (Å²) in [6, 6.07) is 11.2. The van der Waals surface area contributed by atoms with Gasteiger partial charge in [-0.1, -0.05) is 12.1 Å². The molecule has 26 heavy (non-hydrogen) atoms. The van der Waals surface area contributed by atoms with E-state index < -0.39 is 0 Å². The van der Waals surface area contributed by atoms with Crippen LogP contribution in [0.15, 0.2) is 41.5 Å². The van der Waals surface area contributed by atoms with Crippen LogP contribution in [-0.4, -0.2) is 21.5 Å². The van der Waals surface area contributed by atoms with E-state index in [0.717, 1.165) is 28.1 Å². The van der Waals surface area contributed by atoms with E-state index in [-0.39, 0.29) is 11.4 Å². The van der Waals surface area contributed by atoms with E-state index in [4.69, 9.17) is 17.0 Å². The Morgan fingerprint density at radius 2 is 1.96 bits per heavy atom. The molecule has 136 valence electrons. The number of benzene rings is 2. The molecule has 0 spiro atoms. The van der Waals surface area contributed by atoms with Gasteiger partial charge in [0.25, 0.3) is 0 Å². The topological polar surface area (TPSA) is 65.9 Å². The second-order valence-corrected chi connectivity index (χ2v) is 7.57. The van der Waals surface area contributed by atoms with Crippen LogP contribution in [-0.2, 0) is 0 Å². The van der Waals surface area contributed by atoms with Gasteiger partial charge >= 0.3 is 0 Å². The van der Waals surface area contributed by atoms with Gasteiger partial charge in [0.15, 0.2) is 5.11 Å². The Morgan fingerprint density at radius 3 is 2.73 bits per heavy atom. The first-order chi connectivity index (χ1) is 12.2. The second-order valence-electron chi connectivity index (χ2n) is 7.16. The molecule has 1 aliphatic rings. The summed E-state index contributed by atoms with van der Waals surface area (Å²) >= 11 is 5.38. The first-order valence-corrected chi connectivity index (χ1v) is 8.87. The molecule has 0 fully saturated rings. The minimum Gasteiger partial charge on any atom is -0.508 e. The lowest BCUT2D eigenvalue weighted by Crippen LogP contribution is -2.37. The molecule has 1 heterocycles. The van der Waals surface area contributed by atoms with E-state index >= 15 is 0 Å². The van der Waals surface area contributed by atoms with Crippen molar-refractivity contribution in [1.82, 2.24) is 5.43 Å². The maximum atomic E-state index is 9.80. The standard InChI is InChI=1S/C20H23N3O2S/c1-12-5-6-13(2)16(9-12)21-19(26)23-22-17-11-20(3,4)25-18-8-7-14(24)10-15(17)18/h5-10,24H,11H2,1-4H3,(H2,21,23,26)/b22-17-. The molecule has 1 aliphatic heterocycles. The highest BCUT2D eigenvalue weighted by atomic mass is 32.1. The first kappa shape index (κ1) is 18.2. The summed E-state index contributed by atoms with van der Waals surface area (Å²) in [5.41, 5.74) is 7.31. The number of fused-ring (bicyclic) bond motifs is 1. The number of anilines is 1. The van der Waals surface area contributed by atoms with Crippen molar-refractivity contribution in [2.45, 2.75) is 39.7 Å². The molecular weight excluding hydrogens is 346 g/mol. The number of nitrogens with one attached hydrogen (secondary N) is 2. The Labute approximate surface area is 159 Å². The number of hydrogen-bond acceptors (Lipinski definition) is 4. The predicted molar refractivity (Wildman–Crippen MR) is 109 cm³/mol. The van der Waals surface area contributed by atoms with Gasteiger partial charge in [0.05, 0.1) is 5.71 Å². The Hall–Kier alpha value is -2.60. The van der Waals surface area contributed by atoms with Crippen LogP contribution in [0.2, 0.25) is 0 Å². The maximum Gasteiger partial charge on any atom is 0.191 e. The number of aryl methyl sites for hydroxylation is 2. The number of hydrogen-bond donors (Lipinski definition) is 3. The number of phenols is 1. The van der Waals surface area contributed by atoms with Crippen molar-refractivity contribution in [2.24, 2.45) is 5.10 Å². The molecule has 5 nitrogen and oxygen atoms in total. The molecule has 0 bridgehead atoms. The predicted octanol–water partition coefficient (Wildman–Crippen LogP) is 4.26. The number of ether oxygens (including phenoxy) is 1. The smallest absolute Gasteiger partial charge is 0.191 e. The molecular formula is C20H23N3O2S. The average molecular weight is 369 g/mol. The fourth-order valence-corrected chi connectivity index (χ4v) is 3.06. The van der Waals surface area contributed by atoms with Crippen molar-refractivity contribution >= 4 is 28.7 Å². The zero-order valence-electron chi connectivity index (χ0n) is 15.4. The second kappa shape index (κ2) is 6.96. The molecule has 3 rings (SSSR count). The van der Waals surface area contributed by atoms with Crippen LogP contribution < -0.4 is 15.5 Å². The quantitative estimate of drug-likeness (QED) is 0.545. The third kappa shape index (κ3) is 4.14. The lowest BCUT2D eigenvalue weighted by Gasteiger charge is -2.33. The zero-order chi connectivity index (χ0) is 18.9. The van der Waals surface area contributed by atoms with Crippen molar-refractivity contribution in [3.63, 3.8) is 0 Å². The highest BCUT2D eigenvalue weighted by Gasteiger charge is 2.31. The van der Waals surface area contributed by atoms with Gasteiger partial charge in [-0.3, -0.25) is 5.43 Å². The van der Waals surface area contributed by atoms with Crippen LogP contribution in [0.25, 0.3) is 0 Å². The number of aromatic hydroxyl groups is 1. The molecule has 2 aromatic rings. The minimum absolute atomic E-state index is 0.177. The molecule has 0 saturated heterocycles. The van der Waals surface area contributed by atoms with Crippen LogP contribution >= 0.6 is 12.2 Å². The molecule has 0 amide bonds. The average Bonchev–Trinajstić information content (AvgIpc) is 2.56. The van der Waals surface area contributed by atoms with Crippen LogP contribution in [0.1, 0.15) is 37.0 Å². The third-order valence-electron chi connectivity index (χ3n) is 4.19. The summed E-state index contributed by atoms with van der Waals surface area (Å²) in [4.78, 5) is 0. The molecule has 0 unspecified atom stereocenters. The van der Waals surface area contributed by atoms with Gasteiger partial charge in [-0.15, -0.1) is 0 Å². The SMILES string of the molecule is Cc1ccc(C)c(NC(=S)N/N=C2/CC(C)(C)Oc3ccc(O)cc32)c1. The summed E-state index contributed by atoms with van der Waals surface area (Å²) in [5.74, 6) is 0.879. The fourth-order valence-electron chi connectivity index (χ4n) is 2.90. The van der Waals surface area contributed by atoms with E-state index in [1.807, 2.05) is 39.8 Å². The van der Waals surface area contributed by atoms with Crippen LogP contribution in [0, 0.1) is 13.8 Å².